The lowest BCUT2D eigenvalue weighted by Crippen LogP contribution is -2.52. The number of hydrogen-bond donors (Lipinski definition) is 0. The molecule has 1 saturated heterocycles. The van der Waals surface area contributed by atoms with Gasteiger partial charge in [-0.15, -0.1) is 0 Å². The van der Waals surface area contributed by atoms with Crippen LogP contribution in [0, 0.1) is 5.92 Å². The van der Waals surface area contributed by atoms with Crippen LogP contribution in [0.1, 0.15) is 6.92 Å². The summed E-state index contributed by atoms with van der Waals surface area (Å²) in [4.78, 5) is 16.4. The van der Waals surface area contributed by atoms with Gasteiger partial charge >= 0.3 is 0 Å². The van der Waals surface area contributed by atoms with Crippen molar-refractivity contribution in [3.05, 3.63) is 78.5 Å². The highest BCUT2D eigenvalue weighted by molar-refractivity contribution is 5.94. The number of aldehydes is 1. The highest BCUT2D eigenvalue weighted by atomic mass is 16.1. The van der Waals surface area contributed by atoms with Gasteiger partial charge in [0.2, 0.25) is 0 Å². The van der Waals surface area contributed by atoms with Gasteiger partial charge in [0.25, 0.3) is 0 Å². The minimum absolute atomic E-state index is 0.156. The quantitative estimate of drug-likeness (QED) is 0.781. The van der Waals surface area contributed by atoms with Crippen LogP contribution in [0.15, 0.2) is 78.5 Å². The molecule has 1 fully saturated rings. The van der Waals surface area contributed by atoms with Crippen molar-refractivity contribution in [1.29, 1.82) is 0 Å². The van der Waals surface area contributed by atoms with E-state index in [9.17, 15) is 4.79 Å². The average molecular weight is 344 g/mol. The topological polar surface area (TPSA) is 23.6 Å². The van der Waals surface area contributed by atoms with Crippen molar-refractivity contribution >= 4 is 22.7 Å². The molecule has 2 atom stereocenters. The van der Waals surface area contributed by atoms with Crippen molar-refractivity contribution in [2.45, 2.75) is 13.0 Å². The van der Waals surface area contributed by atoms with Crippen LogP contribution in [0.2, 0.25) is 0 Å². The Morgan fingerprint density at radius 3 is 2.69 bits per heavy atom. The molecule has 2 unspecified atom stereocenters. The Morgan fingerprint density at radius 1 is 1.00 bits per heavy atom. The van der Waals surface area contributed by atoms with E-state index in [0.717, 1.165) is 31.6 Å². The number of hydrogen-bond acceptors (Lipinski definition) is 3. The molecular weight excluding hydrogens is 320 g/mol. The van der Waals surface area contributed by atoms with E-state index in [1.807, 2.05) is 24.3 Å². The molecule has 3 nitrogen and oxygen atoms in total. The summed E-state index contributed by atoms with van der Waals surface area (Å²) in [5.74, 6) is -0.156. The Kier molecular flexibility index (Phi) is 4.61. The molecule has 0 amide bonds. The second-order valence-electron chi connectivity index (χ2n) is 7.01. The summed E-state index contributed by atoms with van der Waals surface area (Å²) < 4.78 is 0. The molecule has 2 aromatic carbocycles. The van der Waals surface area contributed by atoms with Gasteiger partial charge in [-0.25, -0.2) is 0 Å². The molecule has 1 aliphatic carbocycles. The lowest BCUT2D eigenvalue weighted by atomic mass is 10.0. The first-order valence-corrected chi connectivity index (χ1v) is 9.27. The maximum atomic E-state index is 11.5. The number of fused-ring (bicyclic) bond motifs is 1. The molecule has 0 radical (unpaired) electrons. The molecule has 26 heavy (non-hydrogen) atoms. The fourth-order valence-corrected chi connectivity index (χ4v) is 4.06. The van der Waals surface area contributed by atoms with E-state index < -0.39 is 0 Å². The van der Waals surface area contributed by atoms with Crippen LogP contribution in [-0.2, 0) is 4.79 Å². The molecule has 3 heteroatoms. The lowest BCUT2D eigenvalue weighted by Gasteiger charge is -2.44. The first-order chi connectivity index (χ1) is 12.8. The van der Waals surface area contributed by atoms with E-state index in [-0.39, 0.29) is 5.92 Å². The molecule has 0 aromatic heterocycles. The normalized spacial score (nSPS) is 23.0. The molecule has 2 aromatic rings. The Balaban J connectivity index is 1.59. The summed E-state index contributed by atoms with van der Waals surface area (Å²) in [6.45, 7) is 5.07. The lowest BCUT2D eigenvalue weighted by molar-refractivity contribution is -0.109. The van der Waals surface area contributed by atoms with E-state index in [0.29, 0.717) is 6.04 Å². The SMILES string of the molecule is CC1CN(c2cccc3ccccc23)CCN1C1=CC=CC=CC1C=O. The van der Waals surface area contributed by atoms with Gasteiger partial charge in [0.15, 0.2) is 0 Å². The number of anilines is 1. The third-order valence-corrected chi connectivity index (χ3v) is 5.36. The highest BCUT2D eigenvalue weighted by Crippen LogP contribution is 2.30. The zero-order chi connectivity index (χ0) is 17.9. The smallest absolute Gasteiger partial charge is 0.132 e. The van der Waals surface area contributed by atoms with Gasteiger partial charge in [0.05, 0.1) is 5.92 Å². The zero-order valence-corrected chi connectivity index (χ0v) is 15.1. The Hall–Kier alpha value is -2.81. The largest absolute Gasteiger partial charge is 0.368 e. The van der Waals surface area contributed by atoms with Gasteiger partial charge in [0.1, 0.15) is 6.29 Å². The summed E-state index contributed by atoms with van der Waals surface area (Å²) in [5.41, 5.74) is 2.41. The van der Waals surface area contributed by atoms with Crippen molar-refractivity contribution in [3.63, 3.8) is 0 Å². The van der Waals surface area contributed by atoms with Crippen molar-refractivity contribution in [2.75, 3.05) is 24.5 Å². The summed E-state index contributed by atoms with van der Waals surface area (Å²) in [6.07, 6.45) is 11.1. The number of carbonyl (C=O) groups excluding carboxylic acids is 1. The minimum Gasteiger partial charge on any atom is -0.368 e. The Labute approximate surface area is 154 Å². The molecule has 0 saturated carbocycles. The number of nitrogens with zero attached hydrogens (tertiary/aromatic N) is 2. The van der Waals surface area contributed by atoms with E-state index in [1.165, 1.54) is 16.5 Å². The number of allylic oxidation sites excluding steroid dienone is 5. The third kappa shape index (κ3) is 3.05. The minimum atomic E-state index is -0.156. The van der Waals surface area contributed by atoms with Crippen molar-refractivity contribution < 1.29 is 4.79 Å². The van der Waals surface area contributed by atoms with Gasteiger partial charge in [-0.1, -0.05) is 60.7 Å². The highest BCUT2D eigenvalue weighted by Gasteiger charge is 2.28. The maximum absolute atomic E-state index is 11.5. The van der Waals surface area contributed by atoms with Gasteiger partial charge in [-0.3, -0.25) is 0 Å². The second-order valence-corrected chi connectivity index (χ2v) is 7.01. The van der Waals surface area contributed by atoms with E-state index in [1.54, 1.807) is 0 Å². The fourth-order valence-electron chi connectivity index (χ4n) is 4.06. The predicted molar refractivity (Wildman–Crippen MR) is 108 cm³/mol. The van der Waals surface area contributed by atoms with Crippen LogP contribution in [0.5, 0.6) is 0 Å². The molecular formula is C23H24N2O. The first kappa shape index (κ1) is 16.6. The predicted octanol–water partition coefficient (Wildman–Crippen LogP) is 4.18. The molecule has 0 N–H and O–H groups in total. The molecule has 132 valence electrons. The Morgan fingerprint density at radius 2 is 1.85 bits per heavy atom. The van der Waals surface area contributed by atoms with Crippen LogP contribution in [0.4, 0.5) is 5.69 Å². The van der Waals surface area contributed by atoms with Crippen LogP contribution in [0.3, 0.4) is 0 Å². The zero-order valence-electron chi connectivity index (χ0n) is 15.1. The fraction of sp³-hybridized carbons (Fsp3) is 0.261. The summed E-state index contributed by atoms with van der Waals surface area (Å²) in [7, 11) is 0. The van der Waals surface area contributed by atoms with E-state index in [4.69, 9.17) is 0 Å². The summed E-state index contributed by atoms with van der Waals surface area (Å²) in [5, 5.41) is 2.59. The number of benzene rings is 2. The van der Waals surface area contributed by atoms with Crippen LogP contribution in [0.25, 0.3) is 10.8 Å². The molecule has 0 bridgehead atoms. The standard InChI is InChI=1S/C23H24N2O/c1-18-16-24(23-13-7-10-19-8-5-6-11-21(19)23)14-15-25(18)22-12-4-2-3-9-20(22)17-26/h2-13,17-18,20H,14-16H2,1H3. The molecule has 0 spiro atoms. The number of rotatable bonds is 3. The van der Waals surface area contributed by atoms with Gasteiger partial charge < -0.3 is 14.6 Å². The number of carbonyl (C=O) groups is 1. The van der Waals surface area contributed by atoms with Crippen LogP contribution >= 0.6 is 0 Å². The van der Waals surface area contributed by atoms with Gasteiger partial charge in [0, 0.05) is 42.4 Å². The Bertz CT molecular complexity index is 891. The van der Waals surface area contributed by atoms with E-state index >= 15 is 0 Å². The summed E-state index contributed by atoms with van der Waals surface area (Å²) >= 11 is 0. The summed E-state index contributed by atoms with van der Waals surface area (Å²) in [6, 6.07) is 15.4. The molecule has 1 aliphatic heterocycles. The van der Waals surface area contributed by atoms with Crippen LogP contribution < -0.4 is 4.90 Å². The first-order valence-electron chi connectivity index (χ1n) is 9.27. The molecule has 4 rings (SSSR count). The monoisotopic (exact) mass is 344 g/mol. The number of piperazine rings is 1. The van der Waals surface area contributed by atoms with E-state index in [2.05, 4.69) is 65.3 Å². The second kappa shape index (κ2) is 7.20. The third-order valence-electron chi connectivity index (χ3n) is 5.36. The molecule has 1 heterocycles. The van der Waals surface area contributed by atoms with Crippen LogP contribution in [-0.4, -0.2) is 36.9 Å². The van der Waals surface area contributed by atoms with Gasteiger partial charge in [-0.2, -0.15) is 0 Å². The average Bonchev–Trinajstić information content (AvgIpc) is 2.93. The van der Waals surface area contributed by atoms with Crippen molar-refractivity contribution in [1.82, 2.24) is 4.90 Å². The maximum Gasteiger partial charge on any atom is 0.132 e. The van der Waals surface area contributed by atoms with Crippen molar-refractivity contribution in [2.24, 2.45) is 5.92 Å². The van der Waals surface area contributed by atoms with Crippen molar-refractivity contribution in [3.8, 4) is 0 Å². The molecule has 2 aliphatic rings. The van der Waals surface area contributed by atoms with Gasteiger partial charge in [-0.05, 0) is 24.5 Å².